The zero-order chi connectivity index (χ0) is 12.4. The lowest BCUT2D eigenvalue weighted by Crippen LogP contribution is -2.02. The maximum atomic E-state index is 13.8. The molecule has 0 radical (unpaired) electrons. The quantitative estimate of drug-likeness (QED) is 0.869. The van der Waals surface area contributed by atoms with Crippen LogP contribution in [0.1, 0.15) is 17.7 Å². The molecule has 2 rings (SSSR count). The van der Waals surface area contributed by atoms with Crippen molar-refractivity contribution in [2.45, 2.75) is 19.8 Å². The van der Waals surface area contributed by atoms with Gasteiger partial charge in [-0.05, 0) is 72.7 Å². The minimum Gasteiger partial charge on any atom is -0.330 e. The zero-order valence-electron chi connectivity index (χ0n) is 9.63. The molecule has 0 atom stereocenters. The van der Waals surface area contributed by atoms with Gasteiger partial charge >= 0.3 is 0 Å². The molecule has 17 heavy (non-hydrogen) atoms. The van der Waals surface area contributed by atoms with Crippen molar-refractivity contribution in [2.75, 3.05) is 6.54 Å². The average Bonchev–Trinajstić information content (AvgIpc) is 2.27. The largest absolute Gasteiger partial charge is 0.330 e. The lowest BCUT2D eigenvalue weighted by molar-refractivity contribution is 0.635. The normalized spacial score (nSPS) is 11.1. The van der Waals surface area contributed by atoms with E-state index in [9.17, 15) is 4.39 Å². The van der Waals surface area contributed by atoms with Crippen molar-refractivity contribution in [3.05, 3.63) is 38.8 Å². The van der Waals surface area contributed by atoms with Gasteiger partial charge in [-0.15, -0.1) is 0 Å². The monoisotopic (exact) mass is 344 g/mol. The number of aromatic nitrogens is 1. The summed E-state index contributed by atoms with van der Waals surface area (Å²) in [5, 5.41) is 0.911. The number of aryl methyl sites for hydroxylation is 2. The number of fused-ring (bicyclic) bond motifs is 1. The summed E-state index contributed by atoms with van der Waals surface area (Å²) in [5.41, 5.74) is 7.98. The number of pyridine rings is 1. The van der Waals surface area contributed by atoms with Crippen molar-refractivity contribution in [1.29, 1.82) is 0 Å². The van der Waals surface area contributed by atoms with Crippen LogP contribution in [0.25, 0.3) is 10.9 Å². The number of nitrogens with zero attached hydrogens (tertiary/aromatic N) is 1. The molecule has 0 spiro atoms. The Labute approximate surface area is 114 Å². The minimum atomic E-state index is -0.246. The van der Waals surface area contributed by atoms with Gasteiger partial charge in [-0.3, -0.25) is 4.98 Å². The van der Waals surface area contributed by atoms with Gasteiger partial charge in [-0.2, -0.15) is 0 Å². The van der Waals surface area contributed by atoms with Crippen molar-refractivity contribution < 1.29 is 4.39 Å². The molecule has 90 valence electrons. The first-order chi connectivity index (χ1) is 8.11. The summed E-state index contributed by atoms with van der Waals surface area (Å²) in [6, 6.07) is 5.52. The van der Waals surface area contributed by atoms with Crippen LogP contribution >= 0.6 is 22.6 Å². The first kappa shape index (κ1) is 12.7. The summed E-state index contributed by atoms with van der Waals surface area (Å²) < 4.78 is 14.7. The van der Waals surface area contributed by atoms with E-state index in [2.05, 4.69) is 27.6 Å². The van der Waals surface area contributed by atoms with E-state index < -0.39 is 0 Å². The van der Waals surface area contributed by atoms with Crippen LogP contribution < -0.4 is 5.73 Å². The fourth-order valence-electron chi connectivity index (χ4n) is 1.96. The average molecular weight is 344 g/mol. The van der Waals surface area contributed by atoms with Crippen LogP contribution in [-0.2, 0) is 6.42 Å². The molecule has 0 unspecified atom stereocenters. The second-order valence-electron chi connectivity index (χ2n) is 4.10. The molecule has 0 aliphatic carbocycles. The van der Waals surface area contributed by atoms with E-state index in [1.807, 2.05) is 19.1 Å². The highest BCUT2D eigenvalue weighted by Gasteiger charge is 2.09. The van der Waals surface area contributed by atoms with Crippen molar-refractivity contribution in [1.82, 2.24) is 4.98 Å². The first-order valence-electron chi connectivity index (χ1n) is 5.57. The van der Waals surface area contributed by atoms with Gasteiger partial charge in [-0.25, -0.2) is 4.39 Å². The van der Waals surface area contributed by atoms with E-state index >= 15 is 0 Å². The zero-order valence-corrected chi connectivity index (χ0v) is 11.8. The molecule has 0 aliphatic heterocycles. The fraction of sp³-hybridized carbons (Fsp3) is 0.308. The third-order valence-electron chi connectivity index (χ3n) is 2.70. The number of hydrogen-bond donors (Lipinski definition) is 1. The summed E-state index contributed by atoms with van der Waals surface area (Å²) in [6.07, 6.45) is 1.78. The van der Waals surface area contributed by atoms with Gasteiger partial charge in [0.2, 0.25) is 0 Å². The van der Waals surface area contributed by atoms with Crippen LogP contribution in [0.5, 0.6) is 0 Å². The molecule has 0 amide bonds. The predicted molar refractivity (Wildman–Crippen MR) is 76.5 cm³/mol. The van der Waals surface area contributed by atoms with Crippen molar-refractivity contribution >= 4 is 33.5 Å². The Morgan fingerprint density at radius 1 is 1.35 bits per heavy atom. The molecule has 2 aromatic rings. The Kier molecular flexibility index (Phi) is 3.93. The third kappa shape index (κ3) is 2.74. The molecule has 4 heteroatoms. The molecule has 2 N–H and O–H groups in total. The highest BCUT2D eigenvalue weighted by molar-refractivity contribution is 14.1. The minimum absolute atomic E-state index is 0.246. The molecule has 0 aliphatic rings. The maximum absolute atomic E-state index is 13.8. The molecule has 1 aromatic heterocycles. The van der Waals surface area contributed by atoms with E-state index in [4.69, 9.17) is 5.73 Å². The summed E-state index contributed by atoms with van der Waals surface area (Å²) in [6.45, 7) is 2.54. The summed E-state index contributed by atoms with van der Waals surface area (Å²) in [7, 11) is 0. The van der Waals surface area contributed by atoms with E-state index in [1.165, 1.54) is 6.07 Å². The van der Waals surface area contributed by atoms with Crippen molar-refractivity contribution in [3.63, 3.8) is 0 Å². The Morgan fingerprint density at radius 2 is 2.12 bits per heavy atom. The standard InChI is InChI=1S/C13H14FIN2/c1-8-5-9(3-2-4-16)11-6-10(15)7-12(14)13(11)17-8/h5-7H,2-4,16H2,1H3. The number of halogens is 2. The number of rotatable bonds is 3. The Hall–Kier alpha value is -0.750. The van der Waals surface area contributed by atoms with Crippen LogP contribution in [0.4, 0.5) is 4.39 Å². The van der Waals surface area contributed by atoms with Crippen molar-refractivity contribution in [3.8, 4) is 0 Å². The molecular weight excluding hydrogens is 330 g/mol. The van der Waals surface area contributed by atoms with Crippen LogP contribution in [0.15, 0.2) is 18.2 Å². The van der Waals surface area contributed by atoms with Gasteiger partial charge in [-0.1, -0.05) is 0 Å². The smallest absolute Gasteiger partial charge is 0.150 e. The predicted octanol–water partition coefficient (Wildman–Crippen LogP) is 3.18. The second-order valence-corrected chi connectivity index (χ2v) is 5.34. The van der Waals surface area contributed by atoms with Gasteiger partial charge in [0, 0.05) is 14.7 Å². The highest BCUT2D eigenvalue weighted by atomic mass is 127. The number of nitrogens with two attached hydrogens (primary N) is 1. The molecule has 0 saturated heterocycles. The van der Waals surface area contributed by atoms with Gasteiger partial charge in [0.15, 0.2) is 0 Å². The lowest BCUT2D eigenvalue weighted by Gasteiger charge is -2.08. The van der Waals surface area contributed by atoms with Crippen molar-refractivity contribution in [2.24, 2.45) is 5.73 Å². The van der Waals surface area contributed by atoms with Crippen LogP contribution in [-0.4, -0.2) is 11.5 Å². The fourth-order valence-corrected chi connectivity index (χ4v) is 2.55. The van der Waals surface area contributed by atoms with Crippen LogP contribution in [0.3, 0.4) is 0 Å². The first-order valence-corrected chi connectivity index (χ1v) is 6.65. The third-order valence-corrected chi connectivity index (χ3v) is 3.32. The summed E-state index contributed by atoms with van der Waals surface area (Å²) in [4.78, 5) is 4.28. The second kappa shape index (κ2) is 5.27. The van der Waals surface area contributed by atoms with E-state index in [0.29, 0.717) is 12.1 Å². The molecule has 1 aromatic carbocycles. The molecule has 2 nitrogen and oxygen atoms in total. The van der Waals surface area contributed by atoms with E-state index in [0.717, 1.165) is 33.1 Å². The summed E-state index contributed by atoms with van der Waals surface area (Å²) in [5.74, 6) is -0.246. The molecule has 0 saturated carbocycles. The Morgan fingerprint density at radius 3 is 2.82 bits per heavy atom. The Balaban J connectivity index is 2.64. The lowest BCUT2D eigenvalue weighted by atomic mass is 10.0. The van der Waals surface area contributed by atoms with Gasteiger partial charge in [0.1, 0.15) is 11.3 Å². The van der Waals surface area contributed by atoms with Gasteiger partial charge < -0.3 is 5.73 Å². The topological polar surface area (TPSA) is 38.9 Å². The molecule has 1 heterocycles. The van der Waals surface area contributed by atoms with E-state index in [1.54, 1.807) is 0 Å². The summed E-state index contributed by atoms with van der Waals surface area (Å²) >= 11 is 2.12. The highest BCUT2D eigenvalue weighted by Crippen LogP contribution is 2.24. The molecule has 0 bridgehead atoms. The van der Waals surface area contributed by atoms with Crippen LogP contribution in [0.2, 0.25) is 0 Å². The number of hydrogen-bond acceptors (Lipinski definition) is 2. The SMILES string of the molecule is Cc1cc(CCCN)c2cc(I)cc(F)c2n1. The van der Waals surface area contributed by atoms with Gasteiger partial charge in [0.05, 0.1) is 0 Å². The van der Waals surface area contributed by atoms with Gasteiger partial charge in [0.25, 0.3) is 0 Å². The van der Waals surface area contributed by atoms with Crippen LogP contribution in [0, 0.1) is 16.3 Å². The van der Waals surface area contributed by atoms with E-state index in [-0.39, 0.29) is 5.82 Å². The Bertz CT molecular complexity index is 555. The molecule has 0 fully saturated rings. The number of benzene rings is 1. The maximum Gasteiger partial charge on any atom is 0.150 e. The molecular formula is C13H14FIN2.